The number of carbonyl (C=O) groups excluding carboxylic acids is 1. The molecule has 0 aliphatic carbocycles. The molecule has 1 aromatic rings. The van der Waals surface area contributed by atoms with Crippen LogP contribution in [0.25, 0.3) is 6.08 Å². The summed E-state index contributed by atoms with van der Waals surface area (Å²) >= 11 is 1.40. The summed E-state index contributed by atoms with van der Waals surface area (Å²) in [6.45, 7) is 4.13. The summed E-state index contributed by atoms with van der Waals surface area (Å²) in [6.07, 6.45) is 4.00. The smallest absolute Gasteiger partial charge is 0.286 e. The van der Waals surface area contributed by atoms with E-state index in [1.165, 1.54) is 26.0 Å². The lowest BCUT2D eigenvalue weighted by molar-refractivity contribution is -0.113. The number of benzene rings is 1. The van der Waals surface area contributed by atoms with E-state index in [1.807, 2.05) is 0 Å². The fraction of sp³-hybridized carbons (Fsp3) is 0.444. The monoisotopic (exact) mass is 362 g/mol. The van der Waals surface area contributed by atoms with E-state index in [1.54, 1.807) is 18.2 Å². The van der Waals surface area contributed by atoms with E-state index in [9.17, 15) is 9.90 Å². The largest absolute Gasteiger partial charge is 0.502 e. The lowest BCUT2D eigenvalue weighted by Gasteiger charge is -2.30. The van der Waals surface area contributed by atoms with Gasteiger partial charge < -0.3 is 19.5 Å². The van der Waals surface area contributed by atoms with Crippen molar-refractivity contribution in [2.24, 2.45) is 10.9 Å². The van der Waals surface area contributed by atoms with Crippen LogP contribution in [0.1, 0.15) is 25.3 Å². The number of aromatic hydroxyl groups is 1. The van der Waals surface area contributed by atoms with Crippen molar-refractivity contribution >= 4 is 28.9 Å². The Balaban J connectivity index is 1.80. The third-order valence-corrected chi connectivity index (χ3v) is 5.51. The van der Waals surface area contributed by atoms with Gasteiger partial charge in [0.05, 0.1) is 19.1 Å². The van der Waals surface area contributed by atoms with Crippen LogP contribution in [0.5, 0.6) is 17.2 Å². The number of amidine groups is 1. The van der Waals surface area contributed by atoms with Gasteiger partial charge in [0.15, 0.2) is 16.7 Å². The zero-order chi connectivity index (χ0) is 18.0. The van der Waals surface area contributed by atoms with E-state index >= 15 is 0 Å². The Morgan fingerprint density at radius 3 is 2.40 bits per heavy atom. The molecule has 1 saturated heterocycles. The molecular weight excluding hydrogens is 340 g/mol. The van der Waals surface area contributed by atoms with Crippen LogP contribution in [0.3, 0.4) is 0 Å². The summed E-state index contributed by atoms with van der Waals surface area (Å²) in [5, 5.41) is 10.8. The second-order valence-corrected chi connectivity index (χ2v) is 7.26. The molecule has 1 aromatic carbocycles. The van der Waals surface area contributed by atoms with E-state index in [0.717, 1.165) is 37.0 Å². The SMILES string of the molecule is COc1cc(/C=C2\SC(N3CCC(C)CC3)=NC2=O)cc(OC)c1O. The van der Waals surface area contributed by atoms with Gasteiger partial charge in [0.2, 0.25) is 5.75 Å². The summed E-state index contributed by atoms with van der Waals surface area (Å²) in [5.41, 5.74) is 0.714. The van der Waals surface area contributed by atoms with Crippen LogP contribution in [-0.2, 0) is 4.79 Å². The average molecular weight is 362 g/mol. The number of aliphatic imine (C=N–C) groups is 1. The molecule has 2 aliphatic rings. The second kappa shape index (κ2) is 7.39. The molecule has 0 atom stereocenters. The molecule has 3 rings (SSSR count). The highest BCUT2D eigenvalue weighted by atomic mass is 32.2. The summed E-state index contributed by atoms with van der Waals surface area (Å²) < 4.78 is 10.3. The van der Waals surface area contributed by atoms with E-state index in [-0.39, 0.29) is 11.7 Å². The maximum Gasteiger partial charge on any atom is 0.286 e. The minimum absolute atomic E-state index is 0.0584. The Labute approximate surface area is 151 Å². The van der Waals surface area contributed by atoms with Crippen LogP contribution in [-0.4, -0.2) is 48.4 Å². The van der Waals surface area contributed by atoms with Gasteiger partial charge in [0.25, 0.3) is 5.91 Å². The summed E-state index contributed by atoms with van der Waals surface area (Å²) in [6, 6.07) is 3.33. The van der Waals surface area contributed by atoms with Gasteiger partial charge in [0.1, 0.15) is 0 Å². The average Bonchev–Trinajstić information content (AvgIpc) is 2.97. The van der Waals surface area contributed by atoms with Crippen molar-refractivity contribution in [2.75, 3.05) is 27.3 Å². The normalized spacial score (nSPS) is 20.1. The van der Waals surface area contributed by atoms with Crippen molar-refractivity contribution in [3.8, 4) is 17.2 Å². The van der Waals surface area contributed by atoms with E-state index in [0.29, 0.717) is 22.0 Å². The van der Waals surface area contributed by atoms with Crippen molar-refractivity contribution in [3.63, 3.8) is 0 Å². The molecule has 0 radical (unpaired) electrons. The first kappa shape index (κ1) is 17.7. The zero-order valence-corrected chi connectivity index (χ0v) is 15.4. The van der Waals surface area contributed by atoms with Crippen molar-refractivity contribution in [2.45, 2.75) is 19.8 Å². The number of phenolic OH excluding ortho intramolecular Hbond substituents is 1. The first-order valence-corrected chi connectivity index (χ1v) is 9.06. The van der Waals surface area contributed by atoms with Gasteiger partial charge in [-0.3, -0.25) is 4.79 Å². The molecule has 25 heavy (non-hydrogen) atoms. The van der Waals surface area contributed by atoms with Crippen LogP contribution in [0.4, 0.5) is 0 Å². The lowest BCUT2D eigenvalue weighted by Crippen LogP contribution is -2.35. The number of phenols is 1. The van der Waals surface area contributed by atoms with Gasteiger partial charge in [-0.2, -0.15) is 4.99 Å². The first-order valence-electron chi connectivity index (χ1n) is 8.24. The van der Waals surface area contributed by atoms with Crippen LogP contribution in [0.15, 0.2) is 22.0 Å². The summed E-state index contributed by atoms with van der Waals surface area (Å²) in [7, 11) is 2.94. The van der Waals surface area contributed by atoms with Gasteiger partial charge in [-0.25, -0.2) is 0 Å². The Morgan fingerprint density at radius 1 is 1.24 bits per heavy atom. The van der Waals surface area contributed by atoms with Crippen LogP contribution in [0, 0.1) is 5.92 Å². The van der Waals surface area contributed by atoms with Gasteiger partial charge in [0, 0.05) is 13.1 Å². The predicted octanol–water partition coefficient (Wildman–Crippen LogP) is 3.11. The number of nitrogens with zero attached hydrogens (tertiary/aromatic N) is 2. The fourth-order valence-corrected chi connectivity index (χ4v) is 3.85. The highest BCUT2D eigenvalue weighted by Crippen LogP contribution is 2.39. The number of thioether (sulfide) groups is 1. The highest BCUT2D eigenvalue weighted by molar-refractivity contribution is 8.18. The van der Waals surface area contributed by atoms with Crippen molar-refractivity contribution in [3.05, 3.63) is 22.6 Å². The number of carbonyl (C=O) groups is 1. The molecule has 1 fully saturated rings. The molecule has 1 N–H and O–H groups in total. The topological polar surface area (TPSA) is 71.4 Å². The first-order chi connectivity index (χ1) is 12.0. The van der Waals surface area contributed by atoms with Crippen LogP contribution >= 0.6 is 11.8 Å². The van der Waals surface area contributed by atoms with Gasteiger partial charge in [-0.1, -0.05) is 6.92 Å². The van der Waals surface area contributed by atoms with E-state index in [4.69, 9.17) is 9.47 Å². The molecule has 1 amide bonds. The highest BCUT2D eigenvalue weighted by Gasteiger charge is 2.28. The number of rotatable bonds is 3. The Kier molecular flexibility index (Phi) is 5.22. The molecular formula is C18H22N2O4S. The second-order valence-electron chi connectivity index (χ2n) is 6.25. The van der Waals surface area contributed by atoms with Crippen molar-refractivity contribution in [1.29, 1.82) is 0 Å². The minimum atomic E-state index is -0.232. The maximum absolute atomic E-state index is 12.3. The summed E-state index contributed by atoms with van der Waals surface area (Å²) in [4.78, 5) is 19.2. The van der Waals surface area contributed by atoms with Gasteiger partial charge in [-0.05, 0) is 54.3 Å². The third kappa shape index (κ3) is 3.76. The van der Waals surface area contributed by atoms with Crippen molar-refractivity contribution < 1.29 is 19.4 Å². The Morgan fingerprint density at radius 2 is 1.84 bits per heavy atom. The van der Waals surface area contributed by atoms with E-state index in [2.05, 4.69) is 16.8 Å². The van der Waals surface area contributed by atoms with Crippen LogP contribution < -0.4 is 9.47 Å². The van der Waals surface area contributed by atoms with Crippen molar-refractivity contribution in [1.82, 2.24) is 4.90 Å². The third-order valence-electron chi connectivity index (χ3n) is 4.46. The summed E-state index contributed by atoms with van der Waals surface area (Å²) in [5.74, 6) is 1.04. The molecule has 2 heterocycles. The molecule has 7 heteroatoms. The molecule has 0 unspecified atom stereocenters. The fourth-order valence-electron chi connectivity index (χ4n) is 2.88. The molecule has 0 spiro atoms. The minimum Gasteiger partial charge on any atom is -0.502 e. The Hall–Kier alpha value is -2.15. The lowest BCUT2D eigenvalue weighted by atomic mass is 10.00. The van der Waals surface area contributed by atoms with Gasteiger partial charge >= 0.3 is 0 Å². The number of likely N-dealkylation sites (tertiary alicyclic amines) is 1. The molecule has 0 saturated carbocycles. The van der Waals surface area contributed by atoms with Gasteiger partial charge in [-0.15, -0.1) is 0 Å². The number of methoxy groups -OCH3 is 2. The quantitative estimate of drug-likeness (QED) is 0.833. The standard InChI is InChI=1S/C18H22N2O4S/c1-11-4-6-20(7-5-11)18-19-17(22)15(25-18)10-12-8-13(23-2)16(21)14(9-12)24-3/h8-11,21H,4-7H2,1-3H3/b15-10-. The number of hydrogen-bond acceptors (Lipinski definition) is 6. The number of hydrogen-bond donors (Lipinski definition) is 1. The Bertz CT molecular complexity index is 712. The van der Waals surface area contributed by atoms with E-state index < -0.39 is 0 Å². The maximum atomic E-state index is 12.3. The number of amides is 1. The zero-order valence-electron chi connectivity index (χ0n) is 14.6. The molecule has 2 aliphatic heterocycles. The number of ether oxygens (including phenoxy) is 2. The predicted molar refractivity (Wildman–Crippen MR) is 99.2 cm³/mol. The molecule has 0 aromatic heterocycles. The van der Waals surface area contributed by atoms with Crippen LogP contribution in [0.2, 0.25) is 0 Å². The number of piperidine rings is 1. The molecule has 134 valence electrons. The molecule has 0 bridgehead atoms. The molecule has 6 nitrogen and oxygen atoms in total.